The highest BCUT2D eigenvalue weighted by atomic mass is 35.5. The van der Waals surface area contributed by atoms with Crippen LogP contribution >= 0.6 is 23.2 Å². The van der Waals surface area contributed by atoms with E-state index in [9.17, 15) is 18.0 Å². The number of nitrogens with zero attached hydrogens (tertiary/aromatic N) is 2. The van der Waals surface area contributed by atoms with E-state index in [2.05, 4.69) is 10.3 Å². The van der Waals surface area contributed by atoms with Gasteiger partial charge in [-0.15, -0.1) is 0 Å². The van der Waals surface area contributed by atoms with Crippen LogP contribution in [0.2, 0.25) is 10.0 Å². The maximum absolute atomic E-state index is 13.0. The van der Waals surface area contributed by atoms with Gasteiger partial charge >= 0.3 is 6.18 Å². The minimum atomic E-state index is -4.63. The van der Waals surface area contributed by atoms with Gasteiger partial charge in [0, 0.05) is 17.4 Å². The smallest absolute Gasteiger partial charge is 0.325 e. The molecule has 0 atom stereocenters. The number of imidazole rings is 1. The van der Waals surface area contributed by atoms with Crippen LogP contribution in [0.5, 0.6) is 0 Å². The maximum atomic E-state index is 13.0. The predicted octanol–water partition coefficient (Wildman–Crippen LogP) is 4.84. The van der Waals surface area contributed by atoms with E-state index in [0.29, 0.717) is 16.4 Å². The number of carbonyl (C=O) groups is 1. The van der Waals surface area contributed by atoms with Crippen molar-refractivity contribution >= 4 is 40.4 Å². The van der Waals surface area contributed by atoms with Gasteiger partial charge in [-0.05, 0) is 30.3 Å². The lowest BCUT2D eigenvalue weighted by molar-refractivity contribution is -0.137. The molecule has 0 radical (unpaired) electrons. The zero-order valence-electron chi connectivity index (χ0n) is 12.4. The molecule has 130 valence electrons. The molecule has 9 heteroatoms. The lowest BCUT2D eigenvalue weighted by atomic mass is 10.1. The molecule has 0 bridgehead atoms. The summed E-state index contributed by atoms with van der Waals surface area (Å²) < 4.78 is 40.8. The average Bonchev–Trinajstić information content (AvgIpc) is 2.89. The van der Waals surface area contributed by atoms with Gasteiger partial charge in [0.25, 0.3) is 0 Å². The summed E-state index contributed by atoms with van der Waals surface area (Å²) in [6.07, 6.45) is -1.61. The zero-order valence-corrected chi connectivity index (χ0v) is 14.0. The second-order valence-electron chi connectivity index (χ2n) is 5.26. The number of alkyl halides is 3. The Morgan fingerprint density at radius 1 is 1.12 bits per heavy atom. The standard InChI is InChI=1S/C16H10Cl2F3N3O/c17-9-1-3-13(12(5-9)16(19,20)21)23-15(25)6-11-8-24-7-10(18)2-4-14(24)22-11/h1-5,7-8H,6H2,(H,23,25). The third kappa shape index (κ3) is 4.05. The molecule has 0 aliphatic carbocycles. The fraction of sp³-hybridized carbons (Fsp3) is 0.125. The maximum Gasteiger partial charge on any atom is 0.418 e. The summed E-state index contributed by atoms with van der Waals surface area (Å²) in [6, 6.07) is 6.48. The highest BCUT2D eigenvalue weighted by Crippen LogP contribution is 2.36. The number of benzene rings is 1. The Hall–Kier alpha value is -2.25. The van der Waals surface area contributed by atoms with E-state index >= 15 is 0 Å². The molecule has 0 unspecified atom stereocenters. The number of halogens is 5. The zero-order chi connectivity index (χ0) is 18.2. The molecule has 1 aromatic carbocycles. The van der Waals surface area contributed by atoms with Crippen LogP contribution in [-0.2, 0) is 17.4 Å². The van der Waals surface area contributed by atoms with Gasteiger partial charge in [-0.1, -0.05) is 23.2 Å². The molecule has 3 rings (SSSR count). The summed E-state index contributed by atoms with van der Waals surface area (Å²) in [6.45, 7) is 0. The number of nitrogens with one attached hydrogen (secondary N) is 1. The van der Waals surface area contributed by atoms with Crippen LogP contribution in [-0.4, -0.2) is 15.3 Å². The molecule has 2 aromatic heterocycles. The average molecular weight is 388 g/mol. The van der Waals surface area contributed by atoms with Gasteiger partial charge in [0.1, 0.15) is 5.65 Å². The van der Waals surface area contributed by atoms with Crippen LogP contribution < -0.4 is 5.32 Å². The van der Waals surface area contributed by atoms with Crippen LogP contribution in [0.15, 0.2) is 42.7 Å². The van der Waals surface area contributed by atoms with Crippen LogP contribution in [0.3, 0.4) is 0 Å². The number of rotatable bonds is 3. The van der Waals surface area contributed by atoms with Gasteiger partial charge in [0.15, 0.2) is 0 Å². The second kappa shape index (κ2) is 6.57. The van der Waals surface area contributed by atoms with Gasteiger partial charge in [-0.3, -0.25) is 4.79 Å². The molecule has 0 saturated carbocycles. The van der Waals surface area contributed by atoms with E-state index in [4.69, 9.17) is 23.2 Å². The first kappa shape index (κ1) is 17.6. The first-order valence-corrected chi connectivity index (χ1v) is 7.78. The summed E-state index contributed by atoms with van der Waals surface area (Å²) in [5.41, 5.74) is -0.374. The Morgan fingerprint density at radius 3 is 2.56 bits per heavy atom. The number of pyridine rings is 1. The van der Waals surface area contributed by atoms with Crippen LogP contribution in [0, 0.1) is 0 Å². The molecule has 1 amide bonds. The van der Waals surface area contributed by atoms with Crippen LogP contribution in [0.25, 0.3) is 5.65 Å². The Labute approximate surface area is 150 Å². The van der Waals surface area contributed by atoms with Crippen molar-refractivity contribution < 1.29 is 18.0 Å². The molecule has 4 nitrogen and oxygen atoms in total. The van der Waals surface area contributed by atoms with Crippen molar-refractivity contribution in [3.05, 3.63) is 64.0 Å². The summed E-state index contributed by atoms with van der Waals surface area (Å²) in [4.78, 5) is 16.3. The summed E-state index contributed by atoms with van der Waals surface area (Å²) in [5, 5.41) is 2.69. The topological polar surface area (TPSA) is 46.4 Å². The number of anilines is 1. The molecule has 0 saturated heterocycles. The quantitative estimate of drug-likeness (QED) is 0.698. The van der Waals surface area contributed by atoms with Gasteiger partial charge in [0.05, 0.1) is 28.4 Å². The third-order valence-electron chi connectivity index (χ3n) is 3.37. The predicted molar refractivity (Wildman–Crippen MR) is 89.0 cm³/mol. The monoisotopic (exact) mass is 387 g/mol. The molecular formula is C16H10Cl2F3N3O. The largest absolute Gasteiger partial charge is 0.418 e. The molecule has 25 heavy (non-hydrogen) atoms. The summed E-state index contributed by atoms with van der Waals surface area (Å²) in [5.74, 6) is -0.623. The number of carbonyl (C=O) groups excluding carboxylic acids is 1. The number of hydrogen-bond acceptors (Lipinski definition) is 2. The van der Waals surface area contributed by atoms with Crippen molar-refractivity contribution in [3.8, 4) is 0 Å². The van der Waals surface area contributed by atoms with E-state index in [0.717, 1.165) is 12.1 Å². The van der Waals surface area contributed by atoms with Crippen LogP contribution in [0.4, 0.5) is 18.9 Å². The molecule has 2 heterocycles. The highest BCUT2D eigenvalue weighted by molar-refractivity contribution is 6.31. The normalized spacial score (nSPS) is 11.7. The first-order valence-electron chi connectivity index (χ1n) is 7.02. The third-order valence-corrected chi connectivity index (χ3v) is 3.83. The molecule has 0 spiro atoms. The van der Waals surface area contributed by atoms with Crippen molar-refractivity contribution in [2.75, 3.05) is 5.32 Å². The highest BCUT2D eigenvalue weighted by Gasteiger charge is 2.34. The van der Waals surface area contributed by atoms with Gasteiger partial charge in [-0.25, -0.2) is 4.98 Å². The molecule has 0 fully saturated rings. The van der Waals surface area contributed by atoms with Crippen molar-refractivity contribution in [2.45, 2.75) is 12.6 Å². The van der Waals surface area contributed by atoms with E-state index in [-0.39, 0.29) is 17.1 Å². The lowest BCUT2D eigenvalue weighted by Crippen LogP contribution is -2.18. The van der Waals surface area contributed by atoms with Crippen molar-refractivity contribution in [3.63, 3.8) is 0 Å². The summed E-state index contributed by atoms with van der Waals surface area (Å²) in [7, 11) is 0. The molecule has 3 aromatic rings. The Bertz CT molecular complexity index is 953. The number of fused-ring (bicyclic) bond motifs is 1. The molecular weight excluding hydrogens is 378 g/mol. The van der Waals surface area contributed by atoms with E-state index in [1.807, 2.05) is 0 Å². The Balaban J connectivity index is 1.80. The fourth-order valence-electron chi connectivity index (χ4n) is 2.32. The SMILES string of the molecule is O=C(Cc1cn2cc(Cl)ccc2n1)Nc1ccc(Cl)cc1C(F)(F)F. The number of aromatic nitrogens is 2. The minimum Gasteiger partial charge on any atom is -0.325 e. The van der Waals surface area contributed by atoms with E-state index < -0.39 is 17.6 Å². The van der Waals surface area contributed by atoms with Crippen molar-refractivity contribution in [2.24, 2.45) is 0 Å². The number of hydrogen-bond donors (Lipinski definition) is 1. The van der Waals surface area contributed by atoms with Gasteiger partial charge in [-0.2, -0.15) is 13.2 Å². The fourth-order valence-corrected chi connectivity index (χ4v) is 2.66. The van der Waals surface area contributed by atoms with Crippen molar-refractivity contribution in [1.82, 2.24) is 9.38 Å². The van der Waals surface area contributed by atoms with E-state index in [1.54, 1.807) is 28.9 Å². The number of amides is 1. The molecule has 0 aliphatic heterocycles. The summed E-state index contributed by atoms with van der Waals surface area (Å²) >= 11 is 11.5. The lowest BCUT2D eigenvalue weighted by Gasteiger charge is -2.13. The second-order valence-corrected chi connectivity index (χ2v) is 6.13. The van der Waals surface area contributed by atoms with Crippen LogP contribution in [0.1, 0.15) is 11.3 Å². The molecule has 1 N–H and O–H groups in total. The molecule has 0 aliphatic rings. The van der Waals surface area contributed by atoms with Crippen molar-refractivity contribution in [1.29, 1.82) is 0 Å². The van der Waals surface area contributed by atoms with Gasteiger partial charge in [0.2, 0.25) is 5.91 Å². The van der Waals surface area contributed by atoms with Gasteiger partial charge < -0.3 is 9.72 Å². The van der Waals surface area contributed by atoms with E-state index in [1.165, 1.54) is 6.07 Å². The minimum absolute atomic E-state index is 0.0671. The Kier molecular flexibility index (Phi) is 4.62. The first-order chi connectivity index (χ1) is 11.7. The Morgan fingerprint density at radius 2 is 1.84 bits per heavy atom.